The Morgan fingerprint density at radius 3 is 0.953 bits per heavy atom. The van der Waals surface area contributed by atoms with Gasteiger partial charge in [-0.15, -0.1) is 0 Å². The van der Waals surface area contributed by atoms with Crippen LogP contribution in [0.15, 0.2) is 0 Å². The number of nitrogens with zero attached hydrogens (tertiary/aromatic N) is 3. The number of rotatable bonds is 5. The number of likely N-dealkylation sites (N-methyl/N-ethyl adjacent to an activating group) is 3. The van der Waals surface area contributed by atoms with Gasteiger partial charge in [0.1, 0.15) is 18.1 Å². The SMILES string of the molecule is CC(C)[C@H]1C(=O)O[C@H](C(C)C)C(=O)N(C)[C@@H](C(C)C)C(=O)O[C@H](C(C)C)C(=O)N(C)[C@@H](C(C)C)C(=O)O[C@H](C)C(=O)N1C. The van der Waals surface area contributed by atoms with Crippen LogP contribution in [0.4, 0.5) is 0 Å². The Balaban J connectivity index is 3.83. The molecule has 0 aliphatic carbocycles. The van der Waals surface area contributed by atoms with Crippen molar-refractivity contribution < 1.29 is 43.0 Å². The first-order valence-electron chi connectivity index (χ1n) is 15.1. The van der Waals surface area contributed by atoms with E-state index in [0.29, 0.717) is 0 Å². The summed E-state index contributed by atoms with van der Waals surface area (Å²) in [4.78, 5) is 85.0. The van der Waals surface area contributed by atoms with Crippen LogP contribution in [0.5, 0.6) is 0 Å². The minimum Gasteiger partial charge on any atom is -0.451 e. The van der Waals surface area contributed by atoms with Gasteiger partial charge >= 0.3 is 17.9 Å². The van der Waals surface area contributed by atoms with Crippen molar-refractivity contribution in [3.8, 4) is 0 Å². The van der Waals surface area contributed by atoms with Crippen LogP contribution in [0.3, 0.4) is 0 Å². The number of carbonyl (C=O) groups excluding carboxylic acids is 6. The van der Waals surface area contributed by atoms with Crippen LogP contribution in [0.2, 0.25) is 0 Å². The minimum atomic E-state index is -1.30. The van der Waals surface area contributed by atoms with E-state index in [1.807, 2.05) is 0 Å². The Labute approximate surface area is 256 Å². The summed E-state index contributed by atoms with van der Waals surface area (Å²) in [5.74, 6) is -6.55. The van der Waals surface area contributed by atoms with Gasteiger partial charge in [0.05, 0.1) is 0 Å². The van der Waals surface area contributed by atoms with Crippen molar-refractivity contribution in [1.29, 1.82) is 0 Å². The molecule has 43 heavy (non-hydrogen) atoms. The molecule has 0 saturated carbocycles. The Hall–Kier alpha value is -3.18. The molecule has 0 bridgehead atoms. The fourth-order valence-corrected chi connectivity index (χ4v) is 5.36. The third-order valence-corrected chi connectivity index (χ3v) is 7.74. The van der Waals surface area contributed by atoms with E-state index in [0.717, 1.165) is 4.90 Å². The average molecular weight is 612 g/mol. The molecule has 0 aromatic heterocycles. The summed E-state index contributed by atoms with van der Waals surface area (Å²) in [6.45, 7) is 18.6. The summed E-state index contributed by atoms with van der Waals surface area (Å²) < 4.78 is 17.1. The first-order chi connectivity index (χ1) is 19.7. The van der Waals surface area contributed by atoms with Gasteiger partial charge in [0.15, 0.2) is 18.3 Å². The summed E-state index contributed by atoms with van der Waals surface area (Å²) in [6, 6.07) is -3.31. The molecule has 0 spiro atoms. The zero-order chi connectivity index (χ0) is 33.7. The van der Waals surface area contributed by atoms with Gasteiger partial charge in [0.2, 0.25) is 0 Å². The van der Waals surface area contributed by atoms with Crippen molar-refractivity contribution in [2.24, 2.45) is 29.6 Å². The van der Waals surface area contributed by atoms with Gasteiger partial charge in [-0.1, -0.05) is 69.2 Å². The van der Waals surface area contributed by atoms with E-state index >= 15 is 0 Å². The Bertz CT molecular complexity index is 1030. The lowest BCUT2D eigenvalue weighted by Crippen LogP contribution is -2.57. The van der Waals surface area contributed by atoms with Gasteiger partial charge < -0.3 is 28.9 Å². The molecule has 1 heterocycles. The highest BCUT2D eigenvalue weighted by atomic mass is 16.6. The van der Waals surface area contributed by atoms with E-state index in [9.17, 15) is 28.8 Å². The van der Waals surface area contributed by atoms with Crippen LogP contribution in [-0.2, 0) is 43.0 Å². The number of amides is 3. The highest BCUT2D eigenvalue weighted by Gasteiger charge is 2.44. The molecule has 0 unspecified atom stereocenters. The third kappa shape index (κ3) is 8.92. The number of hydrogen-bond acceptors (Lipinski definition) is 9. The monoisotopic (exact) mass is 611 g/mol. The molecular formula is C31H53N3O9. The largest absolute Gasteiger partial charge is 0.451 e. The number of esters is 3. The summed E-state index contributed by atoms with van der Waals surface area (Å²) in [7, 11) is 4.25. The molecule has 0 radical (unpaired) electrons. The van der Waals surface area contributed by atoms with Crippen molar-refractivity contribution in [2.75, 3.05) is 21.1 Å². The second-order valence-corrected chi connectivity index (χ2v) is 13.2. The van der Waals surface area contributed by atoms with Crippen LogP contribution in [0, 0.1) is 29.6 Å². The van der Waals surface area contributed by atoms with Gasteiger partial charge in [0, 0.05) is 21.1 Å². The topological polar surface area (TPSA) is 140 Å². The van der Waals surface area contributed by atoms with Crippen molar-refractivity contribution in [3.63, 3.8) is 0 Å². The van der Waals surface area contributed by atoms with Crippen LogP contribution in [0.25, 0.3) is 0 Å². The summed E-state index contributed by atoms with van der Waals surface area (Å²) >= 11 is 0. The summed E-state index contributed by atoms with van der Waals surface area (Å²) in [5, 5.41) is 0. The summed E-state index contributed by atoms with van der Waals surface area (Å²) in [6.07, 6.45) is -3.84. The van der Waals surface area contributed by atoms with E-state index in [2.05, 4.69) is 0 Å². The molecule has 246 valence electrons. The van der Waals surface area contributed by atoms with Crippen LogP contribution in [0.1, 0.15) is 76.2 Å². The zero-order valence-electron chi connectivity index (χ0n) is 28.4. The van der Waals surface area contributed by atoms with Crippen LogP contribution < -0.4 is 0 Å². The van der Waals surface area contributed by atoms with Gasteiger partial charge in [-0.05, 0) is 36.5 Å². The van der Waals surface area contributed by atoms with E-state index < -0.39 is 102 Å². The van der Waals surface area contributed by atoms with Crippen molar-refractivity contribution in [3.05, 3.63) is 0 Å². The molecule has 0 aromatic rings. The first kappa shape index (κ1) is 37.8. The van der Waals surface area contributed by atoms with Crippen molar-refractivity contribution in [1.82, 2.24) is 14.7 Å². The van der Waals surface area contributed by atoms with E-state index in [1.165, 1.54) is 37.9 Å². The number of hydrogen-bond donors (Lipinski definition) is 0. The Kier molecular flexibility index (Phi) is 13.7. The van der Waals surface area contributed by atoms with Crippen molar-refractivity contribution in [2.45, 2.75) is 113 Å². The molecule has 6 atom stereocenters. The van der Waals surface area contributed by atoms with Crippen molar-refractivity contribution >= 4 is 35.6 Å². The van der Waals surface area contributed by atoms with Gasteiger partial charge in [0.25, 0.3) is 17.7 Å². The molecular weight excluding hydrogens is 558 g/mol. The maximum absolute atomic E-state index is 13.8. The maximum atomic E-state index is 13.8. The lowest BCUT2D eigenvalue weighted by molar-refractivity contribution is -0.180. The van der Waals surface area contributed by atoms with Crippen LogP contribution >= 0.6 is 0 Å². The molecule has 3 amide bonds. The predicted octanol–water partition coefficient (Wildman–Crippen LogP) is 2.52. The molecule has 1 fully saturated rings. The second kappa shape index (κ2) is 15.5. The number of cyclic esters (lactones) is 3. The van der Waals surface area contributed by atoms with Gasteiger partial charge in [-0.3, -0.25) is 14.4 Å². The standard InChI is InChI=1S/C31H53N3O9/c1-15(2)21-29(38)41-20(11)26(35)32(12)22(16(3)4)30(39)42-25(19(9)10)28(37)34(14)23(17(5)6)31(40)43-24(18(7)8)27(36)33(21)13/h15-25H,1-14H3/t20-,21+,22+,23+,24-,25-/m1/s1. The molecule has 1 aliphatic rings. The third-order valence-electron chi connectivity index (χ3n) is 7.74. The lowest BCUT2D eigenvalue weighted by Gasteiger charge is -2.37. The lowest BCUT2D eigenvalue weighted by atomic mass is 9.98. The molecule has 1 rings (SSSR count). The maximum Gasteiger partial charge on any atom is 0.329 e. The first-order valence-corrected chi connectivity index (χ1v) is 15.1. The second-order valence-electron chi connectivity index (χ2n) is 13.2. The Morgan fingerprint density at radius 1 is 0.442 bits per heavy atom. The normalized spacial score (nSPS) is 28.1. The fraction of sp³-hybridized carbons (Fsp3) is 0.806. The van der Waals surface area contributed by atoms with E-state index in [4.69, 9.17) is 14.2 Å². The molecule has 0 N–H and O–H groups in total. The minimum absolute atomic E-state index is 0.422. The Morgan fingerprint density at radius 2 is 0.698 bits per heavy atom. The summed E-state index contributed by atoms with van der Waals surface area (Å²) in [5.41, 5.74) is 0. The van der Waals surface area contributed by atoms with Gasteiger partial charge in [-0.2, -0.15) is 0 Å². The number of ether oxygens (including phenoxy) is 3. The number of carbonyl (C=O) groups is 6. The van der Waals surface area contributed by atoms with Crippen LogP contribution in [-0.4, -0.2) is 108 Å². The molecule has 1 saturated heterocycles. The van der Waals surface area contributed by atoms with E-state index in [1.54, 1.807) is 69.2 Å². The predicted molar refractivity (Wildman–Crippen MR) is 159 cm³/mol. The molecule has 1 aliphatic heterocycles. The molecule has 12 heteroatoms. The van der Waals surface area contributed by atoms with Gasteiger partial charge in [-0.25, -0.2) is 14.4 Å². The zero-order valence-corrected chi connectivity index (χ0v) is 28.4. The quantitative estimate of drug-likeness (QED) is 0.339. The molecule has 12 nitrogen and oxygen atoms in total. The fourth-order valence-electron chi connectivity index (χ4n) is 5.36. The van der Waals surface area contributed by atoms with E-state index in [-0.39, 0.29) is 0 Å². The highest BCUT2D eigenvalue weighted by molar-refractivity contribution is 5.94. The molecule has 0 aromatic carbocycles. The highest BCUT2D eigenvalue weighted by Crippen LogP contribution is 2.24. The smallest absolute Gasteiger partial charge is 0.329 e. The average Bonchev–Trinajstić information content (AvgIpc) is 2.87.